The monoisotopic (exact) mass is 1040 g/mol. The van der Waals surface area contributed by atoms with Gasteiger partial charge in [-0.05, 0) is 79.1 Å². The molecule has 2 aromatic heterocycles. The molecule has 0 saturated carbocycles. The smallest absolute Gasteiger partial charge is 0.324 e. The molecule has 4 saturated heterocycles. The lowest BCUT2D eigenvalue weighted by Crippen LogP contribution is -2.36. The molecule has 2 unspecified atom stereocenters. The predicted molar refractivity (Wildman–Crippen MR) is 256 cm³/mol. The van der Waals surface area contributed by atoms with Crippen molar-refractivity contribution < 1.29 is 19.2 Å². The molecule has 2 spiro atoms. The van der Waals surface area contributed by atoms with Crippen molar-refractivity contribution in [3.8, 4) is 0 Å². The van der Waals surface area contributed by atoms with E-state index in [2.05, 4.69) is 47.9 Å². The number of nitrogens with zero attached hydrogens (tertiary/aromatic N) is 9. The van der Waals surface area contributed by atoms with Crippen LogP contribution < -0.4 is 10.2 Å². The molecule has 4 amide bonds. The molecule has 6 heterocycles. The van der Waals surface area contributed by atoms with Crippen LogP contribution in [0.3, 0.4) is 0 Å². The zero-order chi connectivity index (χ0) is 44.1. The van der Waals surface area contributed by atoms with E-state index in [9.17, 15) is 19.2 Å². The fourth-order valence-corrected chi connectivity index (χ4v) is 9.38. The van der Waals surface area contributed by atoms with E-state index >= 15 is 0 Å². The summed E-state index contributed by atoms with van der Waals surface area (Å²) in [4.78, 5) is 60.4. The number of alkyl halides is 1. The number of halogens is 5. The third-order valence-electron chi connectivity index (χ3n) is 12.0. The SMILES string of the molecule is C.CC(=O)N(C)c1cnn(C(=O)N2CCC3(CCN(Cc4ccc(Cl)c(Cl)c4)C3)C2)c1.CC(=O)Nc1cnn(C(=O)N2CCC3(CCN(Cc4ccc(Cl)c(Cl)c4)C3)C2)c1.CI. The van der Waals surface area contributed by atoms with Gasteiger partial charge in [-0.15, -0.1) is 0 Å². The van der Waals surface area contributed by atoms with Crippen LogP contribution in [0.2, 0.25) is 20.1 Å². The molecule has 2 atom stereocenters. The van der Waals surface area contributed by atoms with Crippen LogP contribution in [0.4, 0.5) is 21.0 Å². The Hall–Kier alpha value is -3.45. The fourth-order valence-electron chi connectivity index (χ4n) is 8.74. The maximum atomic E-state index is 12.9. The van der Waals surface area contributed by atoms with E-state index in [-0.39, 0.29) is 42.1 Å². The third-order valence-corrected chi connectivity index (χ3v) is 13.4. The molecule has 8 rings (SSSR count). The number of benzene rings is 2. The number of hydrogen-bond acceptors (Lipinski definition) is 8. The van der Waals surface area contributed by atoms with E-state index < -0.39 is 0 Å². The molecule has 0 aliphatic carbocycles. The van der Waals surface area contributed by atoms with Crippen molar-refractivity contribution in [3.05, 3.63) is 92.4 Å². The van der Waals surface area contributed by atoms with Crippen LogP contribution in [-0.2, 0) is 22.7 Å². The predicted octanol–water partition coefficient (Wildman–Crippen LogP) is 9.14. The Kier molecular flexibility index (Phi) is 17.2. The Labute approximate surface area is 397 Å². The molecule has 4 aliphatic heterocycles. The van der Waals surface area contributed by atoms with E-state index in [4.69, 9.17) is 46.4 Å². The average molecular weight is 1040 g/mol. The number of carbonyl (C=O) groups is 4. The Balaban J connectivity index is 0.000000222. The second kappa shape index (κ2) is 21.5. The van der Waals surface area contributed by atoms with Gasteiger partial charge in [0.15, 0.2) is 0 Å². The van der Waals surface area contributed by atoms with Crippen molar-refractivity contribution in [1.29, 1.82) is 0 Å². The zero-order valence-electron chi connectivity index (χ0n) is 34.7. The first kappa shape index (κ1) is 49.6. The van der Waals surface area contributed by atoms with Crippen LogP contribution in [0.5, 0.6) is 0 Å². The summed E-state index contributed by atoms with van der Waals surface area (Å²) in [5.74, 6) is -0.291. The number of aromatic nitrogens is 4. The second-order valence-electron chi connectivity index (χ2n) is 16.4. The normalized spacial score (nSPS) is 20.7. The molecule has 336 valence electrons. The van der Waals surface area contributed by atoms with Crippen LogP contribution in [0, 0.1) is 10.8 Å². The number of rotatable bonds is 6. The van der Waals surface area contributed by atoms with Gasteiger partial charge in [-0.25, -0.2) is 9.59 Å². The highest BCUT2D eigenvalue weighted by Gasteiger charge is 2.46. The van der Waals surface area contributed by atoms with Gasteiger partial charge in [-0.3, -0.25) is 19.4 Å². The molecule has 14 nitrogen and oxygen atoms in total. The minimum absolute atomic E-state index is 0. The largest absolute Gasteiger partial charge is 0.344 e. The van der Waals surface area contributed by atoms with Crippen molar-refractivity contribution >= 4 is 104 Å². The van der Waals surface area contributed by atoms with E-state index in [1.54, 1.807) is 25.6 Å². The molecule has 2 aromatic carbocycles. The van der Waals surface area contributed by atoms with Crippen LogP contribution in [0.25, 0.3) is 0 Å². The number of anilines is 2. The van der Waals surface area contributed by atoms with Crippen LogP contribution in [0.15, 0.2) is 61.2 Å². The summed E-state index contributed by atoms with van der Waals surface area (Å²) in [5, 5.41) is 13.2. The molecule has 62 heavy (non-hydrogen) atoms. The zero-order valence-corrected chi connectivity index (χ0v) is 39.9. The second-order valence-corrected chi connectivity index (χ2v) is 18.0. The summed E-state index contributed by atoms with van der Waals surface area (Å²) in [6, 6.07) is 11.2. The van der Waals surface area contributed by atoms with Crippen LogP contribution >= 0.6 is 69.0 Å². The number of hydrogen-bond donors (Lipinski definition) is 1. The minimum Gasteiger partial charge on any atom is -0.324 e. The first-order valence-corrected chi connectivity index (χ1v) is 23.7. The molecule has 0 radical (unpaired) electrons. The Bertz CT molecular complexity index is 2240. The molecular formula is C43H55Cl4IN10O4. The maximum absolute atomic E-state index is 12.9. The quantitative estimate of drug-likeness (QED) is 0.150. The van der Waals surface area contributed by atoms with E-state index in [1.807, 2.05) is 51.1 Å². The molecule has 1 N–H and O–H groups in total. The molecule has 4 aromatic rings. The lowest BCUT2D eigenvalue weighted by Gasteiger charge is -2.24. The molecule has 4 aliphatic rings. The number of nitrogens with one attached hydrogen (secondary N) is 1. The molecule has 0 bridgehead atoms. The number of carbonyl (C=O) groups excluding carboxylic acids is 4. The third kappa shape index (κ3) is 12.0. The van der Waals surface area contributed by atoms with Gasteiger partial charge < -0.3 is 20.0 Å². The Morgan fingerprint density at radius 1 is 0.677 bits per heavy atom. The highest BCUT2D eigenvalue weighted by Crippen LogP contribution is 2.42. The van der Waals surface area contributed by atoms with Crippen molar-refractivity contribution in [2.45, 2.75) is 60.0 Å². The topological polar surface area (TPSA) is 132 Å². The molecular weight excluding hydrogens is 989 g/mol. The number of amides is 4. The van der Waals surface area contributed by atoms with Gasteiger partial charge in [0.2, 0.25) is 11.8 Å². The van der Waals surface area contributed by atoms with Gasteiger partial charge in [-0.2, -0.15) is 19.6 Å². The standard InChI is InChI=1S/C21H25Cl2N5O2.C20H23Cl2N5O2.CH3I.CH4/c1-15(29)25(2)17-10-24-28(12-17)20(30)27-8-6-21(14-27)5-7-26(13-21)11-16-3-4-18(22)19(23)9-16;1-14(28)24-16-9-23-27(11-16)19(29)26-7-5-20(13-26)4-6-25(12-20)10-15-2-3-17(21)18(22)8-15;1-2;/h3-4,9-10,12H,5-8,11,13-14H2,1-2H3;2-3,8-9,11H,4-7,10,12-13H2,1H3,(H,24,28);1H3;1H4. The molecule has 4 fully saturated rings. The first-order valence-electron chi connectivity index (χ1n) is 20.0. The Morgan fingerprint density at radius 2 is 1.13 bits per heavy atom. The average Bonchev–Trinajstić information content (AvgIpc) is 4.11. The van der Waals surface area contributed by atoms with E-state index in [1.165, 1.54) is 34.3 Å². The summed E-state index contributed by atoms with van der Waals surface area (Å²) in [6.07, 6.45) is 10.3. The summed E-state index contributed by atoms with van der Waals surface area (Å²) in [5.41, 5.74) is 3.67. The minimum atomic E-state index is -0.190. The summed E-state index contributed by atoms with van der Waals surface area (Å²) in [6.45, 7) is 11.3. The van der Waals surface area contributed by atoms with Gasteiger partial charge in [0.25, 0.3) is 0 Å². The van der Waals surface area contributed by atoms with Crippen molar-refractivity contribution in [3.63, 3.8) is 0 Å². The van der Waals surface area contributed by atoms with E-state index in [0.717, 1.165) is 102 Å². The molecule has 19 heteroatoms. The summed E-state index contributed by atoms with van der Waals surface area (Å²) in [7, 11) is 1.67. The van der Waals surface area contributed by atoms with Gasteiger partial charge >= 0.3 is 12.1 Å². The van der Waals surface area contributed by atoms with Crippen molar-refractivity contribution in [1.82, 2.24) is 39.2 Å². The van der Waals surface area contributed by atoms with Crippen molar-refractivity contribution in [2.75, 3.05) is 74.6 Å². The lowest BCUT2D eigenvalue weighted by atomic mass is 9.86. The van der Waals surface area contributed by atoms with Crippen molar-refractivity contribution in [2.24, 2.45) is 10.8 Å². The van der Waals surface area contributed by atoms with Gasteiger partial charge in [0.1, 0.15) is 0 Å². The van der Waals surface area contributed by atoms with Crippen LogP contribution in [0.1, 0.15) is 58.1 Å². The van der Waals surface area contributed by atoms with Gasteiger partial charge in [-0.1, -0.05) is 88.6 Å². The van der Waals surface area contributed by atoms with Gasteiger partial charge in [0, 0.05) is 84.1 Å². The fraction of sp³-hybridized carbons (Fsp3) is 0.488. The lowest BCUT2D eigenvalue weighted by molar-refractivity contribution is -0.116. The van der Waals surface area contributed by atoms with E-state index in [0.29, 0.717) is 31.5 Å². The summed E-state index contributed by atoms with van der Waals surface area (Å²) < 4.78 is 2.63. The maximum Gasteiger partial charge on any atom is 0.344 e. The van der Waals surface area contributed by atoms with Gasteiger partial charge in [0.05, 0.1) is 56.3 Å². The highest BCUT2D eigenvalue weighted by molar-refractivity contribution is 14.1. The number of likely N-dealkylation sites (tertiary alicyclic amines) is 4. The first-order chi connectivity index (χ1) is 29.1. The Morgan fingerprint density at radius 3 is 1.58 bits per heavy atom. The summed E-state index contributed by atoms with van der Waals surface area (Å²) >= 11 is 26.5. The van der Waals surface area contributed by atoms with Crippen LogP contribution in [-0.4, -0.2) is 127 Å². The highest BCUT2D eigenvalue weighted by atomic mass is 127.